The minimum atomic E-state index is -0.472. The van der Waals surface area contributed by atoms with Gasteiger partial charge in [-0.3, -0.25) is 0 Å². The van der Waals surface area contributed by atoms with Crippen molar-refractivity contribution >= 4 is 21.5 Å². The molecule has 0 aliphatic heterocycles. The number of hydrogen-bond acceptors (Lipinski definition) is 3. The number of tetrazole rings is 1. The van der Waals surface area contributed by atoms with Crippen molar-refractivity contribution in [2.45, 2.75) is 19.4 Å². The molecular formula is C36H28N4. The lowest BCUT2D eigenvalue weighted by molar-refractivity contribution is 0.337. The molecule has 0 atom stereocenters. The van der Waals surface area contributed by atoms with Gasteiger partial charge in [0.1, 0.15) is 5.54 Å². The molecule has 0 aliphatic carbocycles. The highest BCUT2D eigenvalue weighted by Crippen LogP contribution is 2.42. The smallest absolute Gasteiger partial charge is 0.154 e. The predicted molar refractivity (Wildman–Crippen MR) is 164 cm³/mol. The third-order valence-corrected chi connectivity index (χ3v) is 7.84. The molecule has 4 heteroatoms. The van der Waals surface area contributed by atoms with Gasteiger partial charge in [-0.2, -0.15) is 4.80 Å². The third-order valence-electron chi connectivity index (χ3n) is 7.84. The summed E-state index contributed by atoms with van der Waals surface area (Å²) >= 11 is 0. The molecule has 0 N–H and O–H groups in total. The van der Waals surface area contributed by atoms with Crippen LogP contribution in [0.1, 0.15) is 19.4 Å². The van der Waals surface area contributed by atoms with Crippen LogP contribution in [0.5, 0.6) is 0 Å². The summed E-state index contributed by atoms with van der Waals surface area (Å²) in [4.78, 5) is 1.74. The lowest BCUT2D eigenvalue weighted by atomic mass is 9.87. The Balaban J connectivity index is 1.51. The van der Waals surface area contributed by atoms with Crippen molar-refractivity contribution in [1.82, 2.24) is 20.2 Å². The number of fused-ring (bicyclic) bond motifs is 2. The second kappa shape index (κ2) is 9.58. The van der Waals surface area contributed by atoms with Crippen LogP contribution in [-0.4, -0.2) is 20.2 Å². The molecule has 0 unspecified atom stereocenters. The van der Waals surface area contributed by atoms with Gasteiger partial charge < -0.3 is 0 Å². The average Bonchev–Trinajstić information content (AvgIpc) is 3.52. The van der Waals surface area contributed by atoms with E-state index in [1.54, 1.807) is 4.80 Å². The van der Waals surface area contributed by atoms with Gasteiger partial charge in [-0.15, -0.1) is 10.2 Å². The summed E-state index contributed by atoms with van der Waals surface area (Å²) in [5, 5.41) is 19.1. The quantitative estimate of drug-likeness (QED) is 0.230. The van der Waals surface area contributed by atoms with Gasteiger partial charge in [-0.1, -0.05) is 133 Å². The molecule has 0 saturated heterocycles. The summed E-state index contributed by atoms with van der Waals surface area (Å²) in [6, 6.07) is 46.8. The van der Waals surface area contributed by atoms with Crippen LogP contribution in [0.25, 0.3) is 55.2 Å². The van der Waals surface area contributed by atoms with Crippen molar-refractivity contribution in [2.24, 2.45) is 0 Å². The minimum absolute atomic E-state index is 0.472. The van der Waals surface area contributed by atoms with E-state index >= 15 is 0 Å². The molecule has 0 saturated carbocycles. The summed E-state index contributed by atoms with van der Waals surface area (Å²) < 4.78 is 0. The SMILES string of the molecule is CC(C)(c1ccccc1)n1nnc(-c2c(-c3cccc4ccccc34)cccc2-c2cccc3ccccc23)n1. The lowest BCUT2D eigenvalue weighted by Crippen LogP contribution is -2.30. The van der Waals surface area contributed by atoms with Crippen molar-refractivity contribution < 1.29 is 0 Å². The summed E-state index contributed by atoms with van der Waals surface area (Å²) in [6.45, 7) is 4.24. The average molecular weight is 517 g/mol. The fourth-order valence-corrected chi connectivity index (χ4v) is 5.68. The Morgan fingerprint density at radius 1 is 0.500 bits per heavy atom. The highest BCUT2D eigenvalue weighted by Gasteiger charge is 2.28. The van der Waals surface area contributed by atoms with Crippen molar-refractivity contribution in [2.75, 3.05) is 0 Å². The summed E-state index contributed by atoms with van der Waals surface area (Å²) in [7, 11) is 0. The van der Waals surface area contributed by atoms with Crippen LogP contribution in [-0.2, 0) is 5.54 Å². The maximum atomic E-state index is 5.06. The minimum Gasteiger partial charge on any atom is -0.154 e. The first kappa shape index (κ1) is 24.0. The van der Waals surface area contributed by atoms with Gasteiger partial charge >= 0.3 is 0 Å². The Hall–Kier alpha value is -5.09. The molecule has 0 fully saturated rings. The van der Waals surface area contributed by atoms with Crippen LogP contribution >= 0.6 is 0 Å². The Morgan fingerprint density at radius 3 is 1.57 bits per heavy atom. The molecule has 0 bridgehead atoms. The molecule has 7 rings (SSSR count). The van der Waals surface area contributed by atoms with Crippen LogP contribution in [0.4, 0.5) is 0 Å². The summed E-state index contributed by atoms with van der Waals surface area (Å²) in [6.07, 6.45) is 0. The van der Waals surface area contributed by atoms with Crippen LogP contribution in [0.2, 0.25) is 0 Å². The normalized spacial score (nSPS) is 11.8. The highest BCUT2D eigenvalue weighted by molar-refractivity contribution is 6.06. The molecule has 40 heavy (non-hydrogen) atoms. The molecule has 7 aromatic rings. The van der Waals surface area contributed by atoms with E-state index in [0.717, 1.165) is 33.4 Å². The predicted octanol–water partition coefficient (Wildman–Crippen LogP) is 8.76. The Kier molecular flexibility index (Phi) is 5.75. The zero-order valence-electron chi connectivity index (χ0n) is 22.5. The Bertz CT molecular complexity index is 1880. The van der Waals surface area contributed by atoms with Crippen LogP contribution in [0, 0.1) is 0 Å². The molecule has 4 nitrogen and oxygen atoms in total. The van der Waals surface area contributed by atoms with Gasteiger partial charge in [0.05, 0.1) is 0 Å². The zero-order chi connectivity index (χ0) is 27.1. The largest absolute Gasteiger partial charge is 0.206 e. The fraction of sp³-hybridized carbons (Fsp3) is 0.0833. The maximum Gasteiger partial charge on any atom is 0.206 e. The first-order valence-corrected chi connectivity index (χ1v) is 13.6. The number of hydrogen-bond donors (Lipinski definition) is 0. The molecule has 1 heterocycles. The molecule has 0 aliphatic rings. The molecular weight excluding hydrogens is 488 g/mol. The van der Waals surface area contributed by atoms with E-state index in [1.165, 1.54) is 21.5 Å². The molecule has 6 aromatic carbocycles. The molecule has 1 aromatic heterocycles. The van der Waals surface area contributed by atoms with Crippen molar-refractivity contribution in [3.63, 3.8) is 0 Å². The van der Waals surface area contributed by atoms with E-state index in [9.17, 15) is 0 Å². The van der Waals surface area contributed by atoms with E-state index in [4.69, 9.17) is 10.2 Å². The van der Waals surface area contributed by atoms with Gasteiger partial charge in [0, 0.05) is 5.56 Å². The van der Waals surface area contributed by atoms with Gasteiger partial charge in [0.25, 0.3) is 0 Å². The van der Waals surface area contributed by atoms with E-state index in [2.05, 4.69) is 134 Å². The van der Waals surface area contributed by atoms with Crippen LogP contribution in [0.15, 0.2) is 133 Å². The first-order valence-electron chi connectivity index (χ1n) is 13.6. The van der Waals surface area contributed by atoms with Crippen molar-refractivity contribution in [1.29, 1.82) is 0 Å². The first-order chi connectivity index (χ1) is 19.6. The standard InChI is InChI=1S/C36H28N4/c1-36(2,27-17-4-3-5-18-27)40-38-35(37-39-40)34-32(30-21-10-15-25-13-6-8-19-28(25)30)23-12-24-33(34)31-22-11-16-26-14-7-9-20-29(26)31/h3-24H,1-2H3. The van der Waals surface area contributed by atoms with Gasteiger partial charge in [0.15, 0.2) is 0 Å². The van der Waals surface area contributed by atoms with E-state index in [0.29, 0.717) is 5.82 Å². The second-order valence-electron chi connectivity index (χ2n) is 10.6. The Labute approximate surface area is 233 Å². The molecule has 192 valence electrons. The van der Waals surface area contributed by atoms with E-state index in [1.807, 2.05) is 18.2 Å². The topological polar surface area (TPSA) is 43.6 Å². The van der Waals surface area contributed by atoms with Crippen molar-refractivity contribution in [3.05, 3.63) is 139 Å². The molecule has 0 amide bonds. The molecule has 0 radical (unpaired) electrons. The van der Waals surface area contributed by atoms with E-state index < -0.39 is 5.54 Å². The summed E-state index contributed by atoms with van der Waals surface area (Å²) in [5.74, 6) is 0.607. The Morgan fingerprint density at radius 2 is 0.975 bits per heavy atom. The number of benzene rings is 6. The maximum absolute atomic E-state index is 5.06. The number of rotatable bonds is 5. The van der Waals surface area contributed by atoms with Crippen LogP contribution in [0.3, 0.4) is 0 Å². The number of aromatic nitrogens is 4. The van der Waals surface area contributed by atoms with Crippen LogP contribution < -0.4 is 0 Å². The van der Waals surface area contributed by atoms with E-state index in [-0.39, 0.29) is 0 Å². The van der Waals surface area contributed by atoms with Crippen molar-refractivity contribution in [3.8, 4) is 33.6 Å². The van der Waals surface area contributed by atoms with Gasteiger partial charge in [-0.25, -0.2) is 0 Å². The van der Waals surface area contributed by atoms with Gasteiger partial charge in [0.2, 0.25) is 5.82 Å². The number of nitrogens with zero attached hydrogens (tertiary/aromatic N) is 4. The lowest BCUT2D eigenvalue weighted by Gasteiger charge is -2.23. The molecule has 0 spiro atoms. The monoisotopic (exact) mass is 516 g/mol. The van der Waals surface area contributed by atoms with Gasteiger partial charge in [-0.05, 0) is 68.4 Å². The fourth-order valence-electron chi connectivity index (χ4n) is 5.68. The highest BCUT2D eigenvalue weighted by atomic mass is 15.6. The third kappa shape index (κ3) is 3.97. The summed E-state index contributed by atoms with van der Waals surface area (Å²) in [5.41, 5.74) is 6.09. The zero-order valence-corrected chi connectivity index (χ0v) is 22.5. The second-order valence-corrected chi connectivity index (χ2v) is 10.6.